The molecule has 1 fully saturated rings. The van der Waals surface area contributed by atoms with Crippen molar-refractivity contribution in [3.8, 4) is 0 Å². The maximum Gasteiger partial charge on any atom is 0.325 e. The van der Waals surface area contributed by atoms with Crippen molar-refractivity contribution in [3.05, 3.63) is 17.5 Å². The molecule has 0 saturated carbocycles. The van der Waals surface area contributed by atoms with Gasteiger partial charge in [0.25, 0.3) is 0 Å². The number of carbonyl (C=O) groups excluding carboxylic acids is 3. The first-order valence-corrected chi connectivity index (χ1v) is 11.3. The molecular weight excluding hydrogens is 412 g/mol. The standard InChI is InChI=1S/C22H34N6O4/c1-4-32-21(31)16-28-9-5-8-26(13-12-25(3)10-7-20(28)30)22-23-14-18-15-27(17(2)29)11-6-19(18)24-22/h14H,4-13,15-16H2,1-3H3. The summed E-state index contributed by atoms with van der Waals surface area (Å²) in [6.45, 7) is 8.18. The van der Waals surface area contributed by atoms with Crippen molar-refractivity contribution >= 4 is 23.7 Å². The first kappa shape index (κ1) is 23.9. The molecule has 3 heterocycles. The van der Waals surface area contributed by atoms with Crippen molar-refractivity contribution in [2.24, 2.45) is 0 Å². The van der Waals surface area contributed by atoms with Gasteiger partial charge in [-0.1, -0.05) is 0 Å². The summed E-state index contributed by atoms with van der Waals surface area (Å²) in [5, 5.41) is 0. The second-order valence-electron chi connectivity index (χ2n) is 8.35. The molecule has 32 heavy (non-hydrogen) atoms. The molecule has 1 aromatic heterocycles. The fourth-order valence-electron chi connectivity index (χ4n) is 3.99. The van der Waals surface area contributed by atoms with Crippen LogP contribution in [0.5, 0.6) is 0 Å². The molecule has 0 aromatic carbocycles. The number of hydrogen-bond acceptors (Lipinski definition) is 8. The van der Waals surface area contributed by atoms with E-state index in [0.29, 0.717) is 58.1 Å². The highest BCUT2D eigenvalue weighted by molar-refractivity contribution is 5.82. The van der Waals surface area contributed by atoms with E-state index in [9.17, 15) is 14.4 Å². The monoisotopic (exact) mass is 446 g/mol. The summed E-state index contributed by atoms with van der Waals surface area (Å²) in [6, 6.07) is 0. The van der Waals surface area contributed by atoms with Crippen molar-refractivity contribution in [1.82, 2.24) is 24.7 Å². The molecule has 0 N–H and O–H groups in total. The molecule has 0 aliphatic carbocycles. The number of rotatable bonds is 4. The lowest BCUT2D eigenvalue weighted by molar-refractivity contribution is -0.149. The van der Waals surface area contributed by atoms with Crippen LogP contribution in [0, 0.1) is 0 Å². The molecule has 2 aliphatic rings. The van der Waals surface area contributed by atoms with Gasteiger partial charge in [-0.15, -0.1) is 0 Å². The van der Waals surface area contributed by atoms with Crippen LogP contribution in [-0.2, 0) is 32.1 Å². The molecule has 0 spiro atoms. The summed E-state index contributed by atoms with van der Waals surface area (Å²) >= 11 is 0. The van der Waals surface area contributed by atoms with Gasteiger partial charge in [-0.2, -0.15) is 0 Å². The Kier molecular flexibility index (Phi) is 8.38. The van der Waals surface area contributed by atoms with E-state index in [1.807, 2.05) is 18.1 Å². The maximum absolute atomic E-state index is 12.6. The van der Waals surface area contributed by atoms with E-state index in [0.717, 1.165) is 30.8 Å². The van der Waals surface area contributed by atoms with Crippen molar-refractivity contribution < 1.29 is 19.1 Å². The van der Waals surface area contributed by atoms with Gasteiger partial charge in [0.2, 0.25) is 17.8 Å². The average Bonchev–Trinajstić information content (AvgIpc) is 2.80. The van der Waals surface area contributed by atoms with Gasteiger partial charge in [0.05, 0.1) is 12.3 Å². The predicted molar refractivity (Wildman–Crippen MR) is 119 cm³/mol. The highest BCUT2D eigenvalue weighted by Gasteiger charge is 2.23. The van der Waals surface area contributed by atoms with Crippen LogP contribution < -0.4 is 4.90 Å². The molecule has 0 unspecified atom stereocenters. The van der Waals surface area contributed by atoms with Crippen LogP contribution in [0.15, 0.2) is 6.20 Å². The number of fused-ring (bicyclic) bond motifs is 1. The zero-order chi connectivity index (χ0) is 23.1. The lowest BCUT2D eigenvalue weighted by Crippen LogP contribution is -2.39. The van der Waals surface area contributed by atoms with Crippen molar-refractivity contribution in [1.29, 1.82) is 0 Å². The first-order valence-electron chi connectivity index (χ1n) is 11.3. The van der Waals surface area contributed by atoms with Crippen LogP contribution in [0.4, 0.5) is 5.95 Å². The number of anilines is 1. The second-order valence-corrected chi connectivity index (χ2v) is 8.35. The van der Waals surface area contributed by atoms with E-state index >= 15 is 0 Å². The van der Waals surface area contributed by atoms with Crippen molar-refractivity contribution in [3.63, 3.8) is 0 Å². The fraction of sp³-hybridized carbons (Fsp3) is 0.682. The van der Waals surface area contributed by atoms with Crippen molar-refractivity contribution in [2.45, 2.75) is 39.7 Å². The SMILES string of the molecule is CCOC(=O)CN1CCCN(c2ncc3c(n2)CCN(C(C)=O)C3)CCN(C)CCC1=O. The molecule has 3 rings (SSSR count). The Morgan fingerprint density at radius 3 is 2.66 bits per heavy atom. The maximum atomic E-state index is 12.6. The molecule has 10 heteroatoms. The topological polar surface area (TPSA) is 99.2 Å². The average molecular weight is 447 g/mol. The fourth-order valence-corrected chi connectivity index (χ4v) is 3.99. The van der Waals surface area contributed by atoms with Gasteiger partial charge in [0.15, 0.2) is 0 Å². The summed E-state index contributed by atoms with van der Waals surface area (Å²) in [4.78, 5) is 53.3. The van der Waals surface area contributed by atoms with Gasteiger partial charge >= 0.3 is 5.97 Å². The van der Waals surface area contributed by atoms with E-state index in [1.54, 1.807) is 18.7 Å². The van der Waals surface area contributed by atoms with Crippen molar-refractivity contribution in [2.75, 3.05) is 64.4 Å². The third-order valence-corrected chi connectivity index (χ3v) is 5.94. The van der Waals surface area contributed by atoms with E-state index in [4.69, 9.17) is 9.72 Å². The van der Waals surface area contributed by atoms with E-state index < -0.39 is 0 Å². The van der Waals surface area contributed by atoms with E-state index in [2.05, 4.69) is 14.8 Å². The number of ether oxygens (including phenoxy) is 1. The minimum Gasteiger partial charge on any atom is -0.465 e. The zero-order valence-corrected chi connectivity index (χ0v) is 19.4. The minimum atomic E-state index is -0.376. The molecule has 2 amide bonds. The number of nitrogens with zero attached hydrogens (tertiary/aromatic N) is 6. The molecule has 0 atom stereocenters. The highest BCUT2D eigenvalue weighted by atomic mass is 16.5. The van der Waals surface area contributed by atoms with Gasteiger partial charge in [-0.25, -0.2) is 9.97 Å². The Labute approximate surface area is 189 Å². The summed E-state index contributed by atoms with van der Waals surface area (Å²) in [5.41, 5.74) is 1.99. The lowest BCUT2D eigenvalue weighted by atomic mass is 10.1. The van der Waals surface area contributed by atoms with Gasteiger partial charge < -0.3 is 24.3 Å². The third-order valence-electron chi connectivity index (χ3n) is 5.94. The number of amides is 2. The van der Waals surface area contributed by atoms with Crippen LogP contribution in [-0.4, -0.2) is 102 Å². The van der Waals surface area contributed by atoms with Crippen LogP contribution in [0.1, 0.15) is 37.9 Å². The number of hydrogen-bond donors (Lipinski definition) is 0. The third kappa shape index (κ3) is 6.38. The summed E-state index contributed by atoms with van der Waals surface area (Å²) < 4.78 is 5.03. The Balaban J connectivity index is 1.71. The van der Waals surface area contributed by atoms with E-state index in [1.165, 1.54) is 0 Å². The smallest absolute Gasteiger partial charge is 0.325 e. The van der Waals surface area contributed by atoms with Gasteiger partial charge in [0, 0.05) is 77.3 Å². The molecule has 176 valence electrons. The Morgan fingerprint density at radius 2 is 1.91 bits per heavy atom. The lowest BCUT2D eigenvalue weighted by Gasteiger charge is -2.29. The molecular formula is C22H34N6O4. The zero-order valence-electron chi connectivity index (χ0n) is 19.4. The Bertz CT molecular complexity index is 833. The molecule has 0 radical (unpaired) electrons. The molecule has 1 saturated heterocycles. The molecule has 2 aliphatic heterocycles. The van der Waals surface area contributed by atoms with Crippen LogP contribution in [0.3, 0.4) is 0 Å². The molecule has 1 aromatic rings. The summed E-state index contributed by atoms with van der Waals surface area (Å²) in [7, 11) is 1.99. The number of esters is 1. The highest BCUT2D eigenvalue weighted by Crippen LogP contribution is 2.20. The summed E-state index contributed by atoms with van der Waals surface area (Å²) in [6.07, 6.45) is 3.63. The second kappa shape index (κ2) is 11.2. The first-order chi connectivity index (χ1) is 15.4. The summed E-state index contributed by atoms with van der Waals surface area (Å²) in [5.74, 6) is 0.338. The van der Waals surface area contributed by atoms with Gasteiger partial charge in [-0.05, 0) is 20.4 Å². The van der Waals surface area contributed by atoms with Gasteiger partial charge in [0.1, 0.15) is 6.54 Å². The Hall–Kier alpha value is -2.75. The predicted octanol–water partition coefficient (Wildman–Crippen LogP) is 0.305. The molecule has 0 bridgehead atoms. The van der Waals surface area contributed by atoms with Gasteiger partial charge in [-0.3, -0.25) is 14.4 Å². The number of aromatic nitrogens is 2. The van der Waals surface area contributed by atoms with Crippen LogP contribution in [0.25, 0.3) is 0 Å². The quantitative estimate of drug-likeness (QED) is 0.609. The number of likely N-dealkylation sites (N-methyl/N-ethyl adjacent to an activating group) is 1. The van der Waals surface area contributed by atoms with E-state index in [-0.39, 0.29) is 24.3 Å². The number of carbonyl (C=O) groups is 3. The largest absolute Gasteiger partial charge is 0.465 e. The molecule has 10 nitrogen and oxygen atoms in total. The van der Waals surface area contributed by atoms with Crippen LogP contribution >= 0.6 is 0 Å². The van der Waals surface area contributed by atoms with Crippen LogP contribution in [0.2, 0.25) is 0 Å². The normalized spacial score (nSPS) is 18.7. The minimum absolute atomic E-state index is 0.0155. The Morgan fingerprint density at radius 1 is 1.09 bits per heavy atom.